The molecule has 2 amide bonds. The number of nitrogens with two attached hydrogens (primary N) is 1. The molecular weight excluding hydrogens is 277 g/mol. The normalized spacial score (nSPS) is 11.3. The molecule has 0 spiro atoms. The van der Waals surface area contributed by atoms with Crippen LogP contribution in [0, 0.1) is 5.82 Å². The second-order valence-electron chi connectivity index (χ2n) is 4.59. The number of hydrogen-bond donors (Lipinski definition) is 4. The Morgan fingerprint density at radius 3 is 2.71 bits per heavy atom. The number of amidine groups is 1. The van der Waals surface area contributed by atoms with Gasteiger partial charge < -0.3 is 26.5 Å². The summed E-state index contributed by atoms with van der Waals surface area (Å²) in [6.45, 7) is 1.28. The number of carbonyl (C=O) groups is 1. The van der Waals surface area contributed by atoms with Gasteiger partial charge in [0.05, 0.1) is 0 Å². The predicted molar refractivity (Wildman–Crippen MR) is 77.7 cm³/mol. The van der Waals surface area contributed by atoms with E-state index in [0.717, 1.165) is 0 Å². The van der Waals surface area contributed by atoms with Gasteiger partial charge in [-0.1, -0.05) is 17.3 Å². The summed E-state index contributed by atoms with van der Waals surface area (Å²) in [5, 5.41) is 17.0. The van der Waals surface area contributed by atoms with E-state index in [-0.39, 0.29) is 11.9 Å². The van der Waals surface area contributed by atoms with Gasteiger partial charge in [-0.2, -0.15) is 0 Å². The van der Waals surface area contributed by atoms with E-state index in [1.165, 1.54) is 11.0 Å². The summed E-state index contributed by atoms with van der Waals surface area (Å²) in [5.41, 5.74) is 6.16. The Bertz CT molecular complexity index is 519. The molecule has 0 saturated heterocycles. The van der Waals surface area contributed by atoms with Crippen molar-refractivity contribution >= 4 is 11.9 Å². The topological polar surface area (TPSA) is 103 Å². The van der Waals surface area contributed by atoms with Crippen molar-refractivity contribution in [1.82, 2.24) is 15.5 Å². The third kappa shape index (κ3) is 5.27. The van der Waals surface area contributed by atoms with Gasteiger partial charge in [-0.25, -0.2) is 9.18 Å². The fourth-order valence-electron chi connectivity index (χ4n) is 1.55. The van der Waals surface area contributed by atoms with E-state index in [4.69, 9.17) is 10.9 Å². The first-order chi connectivity index (χ1) is 9.95. The van der Waals surface area contributed by atoms with Crippen molar-refractivity contribution in [3.05, 3.63) is 35.1 Å². The van der Waals surface area contributed by atoms with E-state index in [2.05, 4.69) is 15.8 Å². The SMILES string of the molecule is CN(C)C(=O)NCCNCc1ccc(/C(N)=N/O)cc1F. The summed E-state index contributed by atoms with van der Waals surface area (Å²) < 4.78 is 13.8. The molecule has 0 aliphatic heterocycles. The number of amides is 2. The molecule has 21 heavy (non-hydrogen) atoms. The first kappa shape index (κ1) is 16.7. The van der Waals surface area contributed by atoms with Crippen LogP contribution in [0.3, 0.4) is 0 Å². The monoisotopic (exact) mass is 297 g/mol. The Balaban J connectivity index is 2.41. The molecule has 5 N–H and O–H groups in total. The number of oxime groups is 1. The average molecular weight is 297 g/mol. The van der Waals surface area contributed by atoms with Crippen LogP contribution in [0.5, 0.6) is 0 Å². The lowest BCUT2D eigenvalue weighted by Gasteiger charge is -2.12. The van der Waals surface area contributed by atoms with E-state index in [1.807, 2.05) is 0 Å². The number of halogens is 1. The first-order valence-corrected chi connectivity index (χ1v) is 6.38. The summed E-state index contributed by atoms with van der Waals surface area (Å²) in [4.78, 5) is 12.7. The van der Waals surface area contributed by atoms with Gasteiger partial charge in [-0.05, 0) is 6.07 Å². The highest BCUT2D eigenvalue weighted by Gasteiger charge is 2.06. The molecule has 1 aromatic carbocycles. The maximum absolute atomic E-state index is 13.8. The molecule has 0 heterocycles. The lowest BCUT2D eigenvalue weighted by Crippen LogP contribution is -2.38. The van der Waals surface area contributed by atoms with E-state index in [9.17, 15) is 9.18 Å². The predicted octanol–water partition coefficient (Wildman–Crippen LogP) is 0.281. The molecule has 0 radical (unpaired) electrons. The zero-order valence-corrected chi connectivity index (χ0v) is 12.1. The van der Waals surface area contributed by atoms with Crippen molar-refractivity contribution in [2.75, 3.05) is 27.2 Å². The summed E-state index contributed by atoms with van der Waals surface area (Å²) >= 11 is 0. The van der Waals surface area contributed by atoms with E-state index >= 15 is 0 Å². The van der Waals surface area contributed by atoms with Crippen LogP contribution in [-0.2, 0) is 6.54 Å². The van der Waals surface area contributed by atoms with Crippen molar-refractivity contribution in [3.63, 3.8) is 0 Å². The molecule has 0 fully saturated rings. The van der Waals surface area contributed by atoms with E-state index in [0.29, 0.717) is 30.8 Å². The van der Waals surface area contributed by atoms with Crippen LogP contribution in [0.2, 0.25) is 0 Å². The maximum Gasteiger partial charge on any atom is 0.316 e. The minimum atomic E-state index is -0.441. The Hall–Kier alpha value is -2.35. The molecule has 0 aliphatic rings. The number of nitrogens with one attached hydrogen (secondary N) is 2. The average Bonchev–Trinajstić information content (AvgIpc) is 2.47. The lowest BCUT2D eigenvalue weighted by molar-refractivity contribution is 0.217. The molecular formula is C13H20FN5O2. The van der Waals surface area contributed by atoms with Gasteiger partial charge in [0.2, 0.25) is 0 Å². The standard InChI is InChI=1S/C13H20FN5O2/c1-19(2)13(20)17-6-5-16-8-10-4-3-9(7-11(10)14)12(15)18-21/h3-4,7,16,21H,5-6,8H2,1-2H3,(H2,15,18)(H,17,20). The van der Waals surface area contributed by atoms with Gasteiger partial charge in [0.15, 0.2) is 5.84 Å². The Labute approximate surface area is 122 Å². The molecule has 7 nitrogen and oxygen atoms in total. The number of urea groups is 1. The van der Waals surface area contributed by atoms with Crippen LogP contribution < -0.4 is 16.4 Å². The number of carbonyl (C=O) groups excluding carboxylic acids is 1. The summed E-state index contributed by atoms with van der Waals surface area (Å²) in [5.74, 6) is -0.580. The summed E-state index contributed by atoms with van der Waals surface area (Å²) in [6, 6.07) is 4.17. The molecule has 0 aromatic heterocycles. The van der Waals surface area contributed by atoms with Crippen molar-refractivity contribution in [2.45, 2.75) is 6.54 Å². The minimum absolute atomic E-state index is 0.139. The van der Waals surface area contributed by atoms with Gasteiger partial charge >= 0.3 is 6.03 Å². The van der Waals surface area contributed by atoms with E-state index < -0.39 is 5.82 Å². The molecule has 0 bridgehead atoms. The molecule has 116 valence electrons. The number of benzene rings is 1. The lowest BCUT2D eigenvalue weighted by atomic mass is 10.1. The molecule has 0 atom stereocenters. The number of rotatable bonds is 6. The van der Waals surface area contributed by atoms with Gasteiger partial charge in [0.1, 0.15) is 5.82 Å². The molecule has 1 aromatic rings. The Morgan fingerprint density at radius 2 is 2.14 bits per heavy atom. The van der Waals surface area contributed by atoms with Crippen molar-refractivity contribution < 1.29 is 14.4 Å². The highest BCUT2D eigenvalue weighted by molar-refractivity contribution is 5.97. The molecule has 0 unspecified atom stereocenters. The molecule has 1 rings (SSSR count). The van der Waals surface area contributed by atoms with Crippen LogP contribution in [0.4, 0.5) is 9.18 Å². The van der Waals surface area contributed by atoms with Crippen LogP contribution in [0.25, 0.3) is 0 Å². The number of nitrogens with zero attached hydrogens (tertiary/aromatic N) is 2. The third-order valence-electron chi connectivity index (χ3n) is 2.76. The van der Waals surface area contributed by atoms with Crippen molar-refractivity contribution in [1.29, 1.82) is 0 Å². The van der Waals surface area contributed by atoms with Gasteiger partial charge in [0, 0.05) is 44.9 Å². The zero-order chi connectivity index (χ0) is 15.8. The smallest absolute Gasteiger partial charge is 0.316 e. The fraction of sp³-hybridized carbons (Fsp3) is 0.385. The quantitative estimate of drug-likeness (QED) is 0.199. The summed E-state index contributed by atoms with van der Waals surface area (Å²) in [7, 11) is 3.31. The molecule has 0 aliphatic carbocycles. The van der Waals surface area contributed by atoms with Crippen LogP contribution in [0.1, 0.15) is 11.1 Å². The second-order valence-corrected chi connectivity index (χ2v) is 4.59. The molecule has 0 saturated carbocycles. The first-order valence-electron chi connectivity index (χ1n) is 6.38. The third-order valence-corrected chi connectivity index (χ3v) is 2.76. The fourth-order valence-corrected chi connectivity index (χ4v) is 1.55. The largest absolute Gasteiger partial charge is 0.409 e. The van der Waals surface area contributed by atoms with Crippen molar-refractivity contribution in [3.8, 4) is 0 Å². The zero-order valence-electron chi connectivity index (χ0n) is 12.1. The van der Waals surface area contributed by atoms with Crippen LogP contribution >= 0.6 is 0 Å². The number of hydrogen-bond acceptors (Lipinski definition) is 4. The van der Waals surface area contributed by atoms with Gasteiger partial charge in [0.25, 0.3) is 0 Å². The highest BCUT2D eigenvalue weighted by Crippen LogP contribution is 2.10. The van der Waals surface area contributed by atoms with Crippen molar-refractivity contribution in [2.24, 2.45) is 10.9 Å². The van der Waals surface area contributed by atoms with Crippen LogP contribution in [-0.4, -0.2) is 49.2 Å². The Kier molecular flexibility index (Phi) is 6.41. The Morgan fingerprint density at radius 1 is 1.43 bits per heavy atom. The second kappa shape index (κ2) is 8.05. The van der Waals surface area contributed by atoms with Crippen LogP contribution in [0.15, 0.2) is 23.4 Å². The highest BCUT2D eigenvalue weighted by atomic mass is 19.1. The summed E-state index contributed by atoms with van der Waals surface area (Å²) in [6.07, 6.45) is 0. The van der Waals surface area contributed by atoms with Gasteiger partial charge in [-0.15, -0.1) is 0 Å². The molecule has 8 heteroatoms. The maximum atomic E-state index is 13.8. The van der Waals surface area contributed by atoms with E-state index in [1.54, 1.807) is 26.2 Å². The minimum Gasteiger partial charge on any atom is -0.409 e. The van der Waals surface area contributed by atoms with Gasteiger partial charge in [-0.3, -0.25) is 0 Å².